The predicted molar refractivity (Wildman–Crippen MR) is 77.0 cm³/mol. The Balaban J connectivity index is 1.88. The molecule has 1 aromatic rings. The van der Waals surface area contributed by atoms with Gasteiger partial charge < -0.3 is 5.11 Å². The summed E-state index contributed by atoms with van der Waals surface area (Å²) in [5.74, 6) is -0.851. The minimum absolute atomic E-state index is 0.851. The number of aryl methyl sites for hydroxylation is 1. The van der Waals surface area contributed by atoms with E-state index >= 15 is 0 Å². The van der Waals surface area contributed by atoms with E-state index in [1.807, 2.05) is 12.4 Å². The van der Waals surface area contributed by atoms with Crippen LogP contribution in [0.5, 0.6) is 0 Å². The number of rotatable bonds is 10. The molecule has 19 heavy (non-hydrogen) atoms. The molecule has 0 aliphatic carbocycles. The van der Waals surface area contributed by atoms with Crippen molar-refractivity contribution in [1.29, 1.82) is 0 Å². The number of carbonyl (C=O) groups is 1. The number of allylic oxidation sites excluding steroid dienone is 1. The molecule has 3 nitrogen and oxygen atoms in total. The Hall–Kier alpha value is -1.64. The molecule has 1 heterocycles. The molecule has 0 spiro atoms. The van der Waals surface area contributed by atoms with Crippen LogP contribution in [0.25, 0.3) is 0 Å². The molecule has 0 saturated heterocycles. The molecule has 1 N–H and O–H groups in total. The maximum Gasteiger partial charge on any atom is 0.327 e. The monoisotopic (exact) mass is 261 g/mol. The molecule has 0 aromatic carbocycles. The number of carboxylic acid groups (broad SMARTS) is 1. The summed E-state index contributed by atoms with van der Waals surface area (Å²) in [6.07, 6.45) is 16.0. The first kappa shape index (κ1) is 15.4. The number of carboxylic acids is 1. The molecule has 0 aliphatic rings. The zero-order chi connectivity index (χ0) is 13.8. The fourth-order valence-corrected chi connectivity index (χ4v) is 2.03. The van der Waals surface area contributed by atoms with Gasteiger partial charge in [0.25, 0.3) is 0 Å². The molecule has 0 radical (unpaired) electrons. The lowest BCUT2D eigenvalue weighted by Gasteiger charge is -2.01. The summed E-state index contributed by atoms with van der Waals surface area (Å²) in [6.45, 7) is 0. The van der Waals surface area contributed by atoms with Gasteiger partial charge in [-0.05, 0) is 43.4 Å². The van der Waals surface area contributed by atoms with E-state index in [1.165, 1.54) is 43.7 Å². The van der Waals surface area contributed by atoms with Crippen LogP contribution in [0.4, 0.5) is 0 Å². The van der Waals surface area contributed by atoms with Gasteiger partial charge in [0, 0.05) is 18.5 Å². The van der Waals surface area contributed by atoms with Gasteiger partial charge in [0.15, 0.2) is 0 Å². The van der Waals surface area contributed by atoms with E-state index < -0.39 is 5.97 Å². The highest BCUT2D eigenvalue weighted by molar-refractivity contribution is 5.79. The number of hydrogen-bond acceptors (Lipinski definition) is 2. The van der Waals surface area contributed by atoms with Crippen LogP contribution >= 0.6 is 0 Å². The minimum atomic E-state index is -0.851. The average Bonchev–Trinajstić information content (AvgIpc) is 2.42. The number of aliphatic carboxylic acids is 1. The Morgan fingerprint density at radius 1 is 1.05 bits per heavy atom. The maximum atomic E-state index is 10.2. The van der Waals surface area contributed by atoms with Gasteiger partial charge in [-0.3, -0.25) is 4.98 Å². The van der Waals surface area contributed by atoms with Crippen LogP contribution in [-0.2, 0) is 11.2 Å². The first-order valence-corrected chi connectivity index (χ1v) is 7.07. The van der Waals surface area contributed by atoms with Crippen molar-refractivity contribution in [2.24, 2.45) is 0 Å². The van der Waals surface area contributed by atoms with Crippen LogP contribution in [0.15, 0.2) is 36.7 Å². The van der Waals surface area contributed by atoms with Crippen molar-refractivity contribution in [3.8, 4) is 0 Å². The fourth-order valence-electron chi connectivity index (χ4n) is 2.03. The third kappa shape index (κ3) is 9.00. The predicted octanol–water partition coefficient (Wildman–Crippen LogP) is 4.00. The summed E-state index contributed by atoms with van der Waals surface area (Å²) in [5, 5.41) is 8.42. The van der Waals surface area contributed by atoms with Crippen molar-refractivity contribution in [3.63, 3.8) is 0 Å². The van der Waals surface area contributed by atoms with Crippen molar-refractivity contribution >= 4 is 5.97 Å². The molecule has 1 aromatic heterocycles. The van der Waals surface area contributed by atoms with Gasteiger partial charge in [-0.25, -0.2) is 4.79 Å². The first-order chi connectivity index (χ1) is 9.29. The van der Waals surface area contributed by atoms with Gasteiger partial charge in [-0.15, -0.1) is 0 Å². The highest BCUT2D eigenvalue weighted by Crippen LogP contribution is 2.10. The number of nitrogens with zero attached hydrogens (tertiary/aromatic N) is 1. The van der Waals surface area contributed by atoms with Crippen molar-refractivity contribution in [2.75, 3.05) is 0 Å². The van der Waals surface area contributed by atoms with Crippen molar-refractivity contribution in [2.45, 2.75) is 51.4 Å². The largest absolute Gasteiger partial charge is 0.478 e. The summed E-state index contributed by atoms with van der Waals surface area (Å²) in [7, 11) is 0. The zero-order valence-electron chi connectivity index (χ0n) is 11.4. The second-order valence-electron chi connectivity index (χ2n) is 4.76. The summed E-state index contributed by atoms with van der Waals surface area (Å²) in [6, 6.07) is 4.16. The molecule has 0 bridgehead atoms. The number of hydrogen-bond donors (Lipinski definition) is 1. The van der Waals surface area contributed by atoms with Gasteiger partial charge in [0.05, 0.1) is 0 Å². The molecule has 0 fully saturated rings. The third-order valence-corrected chi connectivity index (χ3v) is 3.10. The van der Waals surface area contributed by atoms with E-state index in [0.29, 0.717) is 0 Å². The smallest absolute Gasteiger partial charge is 0.327 e. The van der Waals surface area contributed by atoms with E-state index in [9.17, 15) is 4.79 Å². The Kier molecular flexibility index (Phi) is 8.36. The average molecular weight is 261 g/mol. The van der Waals surface area contributed by atoms with Gasteiger partial charge in [0.1, 0.15) is 0 Å². The van der Waals surface area contributed by atoms with Gasteiger partial charge >= 0.3 is 5.97 Å². The summed E-state index contributed by atoms with van der Waals surface area (Å²) >= 11 is 0. The van der Waals surface area contributed by atoms with E-state index in [4.69, 9.17) is 5.11 Å². The Morgan fingerprint density at radius 2 is 1.68 bits per heavy atom. The Labute approximate surface area is 115 Å². The van der Waals surface area contributed by atoms with Crippen LogP contribution in [0.2, 0.25) is 0 Å². The lowest BCUT2D eigenvalue weighted by Crippen LogP contribution is -1.87. The Morgan fingerprint density at radius 3 is 2.37 bits per heavy atom. The van der Waals surface area contributed by atoms with Crippen molar-refractivity contribution < 1.29 is 9.90 Å². The molecule has 0 aliphatic heterocycles. The summed E-state index contributed by atoms with van der Waals surface area (Å²) < 4.78 is 0. The van der Waals surface area contributed by atoms with Crippen molar-refractivity contribution in [1.82, 2.24) is 4.98 Å². The summed E-state index contributed by atoms with van der Waals surface area (Å²) in [5.41, 5.74) is 1.37. The standard InChI is InChI=1S/C16H23NO2/c18-16(19)10-8-6-4-2-1-3-5-7-9-15-11-13-17-14-12-15/h8,10-14H,1-7,9H2,(H,18,19)/b10-8+. The van der Waals surface area contributed by atoms with Crippen LogP contribution in [0, 0.1) is 0 Å². The highest BCUT2D eigenvalue weighted by atomic mass is 16.4. The van der Waals surface area contributed by atoms with E-state index in [0.717, 1.165) is 19.3 Å². The van der Waals surface area contributed by atoms with E-state index in [-0.39, 0.29) is 0 Å². The van der Waals surface area contributed by atoms with Gasteiger partial charge in [-0.2, -0.15) is 0 Å². The third-order valence-electron chi connectivity index (χ3n) is 3.10. The van der Waals surface area contributed by atoms with E-state index in [2.05, 4.69) is 17.1 Å². The number of pyridine rings is 1. The lowest BCUT2D eigenvalue weighted by atomic mass is 10.1. The van der Waals surface area contributed by atoms with Gasteiger partial charge in [0.2, 0.25) is 0 Å². The quantitative estimate of drug-likeness (QED) is 0.511. The molecular formula is C16H23NO2. The fraction of sp³-hybridized carbons (Fsp3) is 0.500. The first-order valence-electron chi connectivity index (χ1n) is 7.07. The molecular weight excluding hydrogens is 238 g/mol. The zero-order valence-corrected chi connectivity index (χ0v) is 11.4. The van der Waals surface area contributed by atoms with Crippen LogP contribution in [-0.4, -0.2) is 16.1 Å². The molecule has 0 amide bonds. The normalized spacial score (nSPS) is 10.9. The molecule has 0 atom stereocenters. The van der Waals surface area contributed by atoms with Crippen LogP contribution in [0.1, 0.15) is 50.5 Å². The van der Waals surface area contributed by atoms with Gasteiger partial charge in [-0.1, -0.05) is 31.8 Å². The molecule has 0 unspecified atom stereocenters. The summed E-state index contributed by atoms with van der Waals surface area (Å²) in [4.78, 5) is 14.2. The molecule has 0 saturated carbocycles. The second kappa shape index (κ2) is 10.3. The van der Waals surface area contributed by atoms with Crippen molar-refractivity contribution in [3.05, 3.63) is 42.2 Å². The molecule has 3 heteroatoms. The number of aromatic nitrogens is 1. The van der Waals surface area contributed by atoms with Crippen LogP contribution < -0.4 is 0 Å². The number of unbranched alkanes of at least 4 members (excludes halogenated alkanes) is 6. The topological polar surface area (TPSA) is 50.2 Å². The Bertz CT molecular complexity index is 374. The molecule has 1 rings (SSSR count). The van der Waals surface area contributed by atoms with E-state index in [1.54, 1.807) is 6.08 Å². The maximum absolute atomic E-state index is 10.2. The SMILES string of the molecule is O=C(O)/C=C/CCCCCCCCc1ccncc1. The highest BCUT2D eigenvalue weighted by Gasteiger charge is 1.94. The molecule has 104 valence electrons. The van der Waals surface area contributed by atoms with Crippen LogP contribution in [0.3, 0.4) is 0 Å². The minimum Gasteiger partial charge on any atom is -0.478 e. The second-order valence-corrected chi connectivity index (χ2v) is 4.76. The lowest BCUT2D eigenvalue weighted by molar-refractivity contribution is -0.131.